The van der Waals surface area contributed by atoms with E-state index in [9.17, 15) is 9.59 Å². The molecule has 0 aliphatic rings. The van der Waals surface area contributed by atoms with E-state index in [1.165, 1.54) is 0 Å². The summed E-state index contributed by atoms with van der Waals surface area (Å²) in [7, 11) is 0. The third-order valence-electron chi connectivity index (χ3n) is 5.73. The summed E-state index contributed by atoms with van der Waals surface area (Å²) in [5, 5.41) is 8.05. The Labute approximate surface area is 202 Å². The van der Waals surface area contributed by atoms with Gasteiger partial charge in [-0.2, -0.15) is 5.10 Å². The zero-order valence-corrected chi connectivity index (χ0v) is 18.8. The van der Waals surface area contributed by atoms with Gasteiger partial charge < -0.3 is 4.74 Å². The van der Waals surface area contributed by atoms with Gasteiger partial charge in [-0.25, -0.2) is 10.2 Å². The molecule has 0 atom stereocenters. The molecule has 0 heterocycles. The summed E-state index contributed by atoms with van der Waals surface area (Å²) in [5.41, 5.74) is 4.81. The SMILES string of the molecule is O=C(Cc1cccc2ccccc12)N/N=C/c1ccc(OC(=O)c2cccc3ccccc23)cc1. The number of hydrazone groups is 1. The minimum atomic E-state index is -0.413. The van der Waals surface area contributed by atoms with Crippen molar-refractivity contribution in [1.29, 1.82) is 0 Å². The second kappa shape index (κ2) is 10.0. The Morgan fingerprint density at radius 1 is 0.714 bits per heavy atom. The van der Waals surface area contributed by atoms with Crippen LogP contribution in [0.25, 0.3) is 21.5 Å². The van der Waals surface area contributed by atoms with Crippen LogP contribution in [0.1, 0.15) is 21.5 Å². The first kappa shape index (κ1) is 22.0. The summed E-state index contributed by atoms with van der Waals surface area (Å²) in [5.74, 6) is -0.178. The van der Waals surface area contributed by atoms with Crippen molar-refractivity contribution in [2.75, 3.05) is 0 Å². The molecular formula is C30H22N2O3. The van der Waals surface area contributed by atoms with E-state index in [1.54, 1.807) is 36.5 Å². The van der Waals surface area contributed by atoms with E-state index in [2.05, 4.69) is 10.5 Å². The van der Waals surface area contributed by atoms with Crippen LogP contribution < -0.4 is 10.2 Å². The summed E-state index contributed by atoms with van der Waals surface area (Å²) >= 11 is 0. The molecule has 0 bridgehead atoms. The lowest BCUT2D eigenvalue weighted by Crippen LogP contribution is -2.19. The van der Waals surface area contributed by atoms with Gasteiger partial charge in [-0.1, -0.05) is 78.9 Å². The Balaban J connectivity index is 1.19. The molecular weight excluding hydrogens is 436 g/mol. The fraction of sp³-hybridized carbons (Fsp3) is 0.0333. The van der Waals surface area contributed by atoms with Crippen LogP contribution in [0.3, 0.4) is 0 Å². The van der Waals surface area contributed by atoms with Gasteiger partial charge in [0.1, 0.15) is 5.75 Å². The van der Waals surface area contributed by atoms with Gasteiger partial charge in [0.05, 0.1) is 18.2 Å². The molecule has 5 aromatic carbocycles. The highest BCUT2D eigenvalue weighted by atomic mass is 16.5. The molecule has 0 radical (unpaired) electrons. The van der Waals surface area contributed by atoms with E-state index in [-0.39, 0.29) is 12.3 Å². The Morgan fingerprint density at radius 2 is 1.34 bits per heavy atom. The van der Waals surface area contributed by atoms with E-state index < -0.39 is 5.97 Å². The molecule has 170 valence electrons. The lowest BCUT2D eigenvalue weighted by atomic mass is 10.0. The second-order valence-corrected chi connectivity index (χ2v) is 8.09. The van der Waals surface area contributed by atoms with Gasteiger partial charge in [-0.15, -0.1) is 0 Å². The van der Waals surface area contributed by atoms with Crippen molar-refractivity contribution in [2.45, 2.75) is 6.42 Å². The van der Waals surface area contributed by atoms with E-state index in [0.717, 1.165) is 32.7 Å². The van der Waals surface area contributed by atoms with Gasteiger partial charge in [-0.05, 0) is 63.0 Å². The van der Waals surface area contributed by atoms with Crippen LogP contribution in [0.5, 0.6) is 5.75 Å². The standard InChI is InChI=1S/C30H22N2O3/c33-29(19-24-11-5-9-22-7-1-3-12-26(22)24)32-31-20-21-15-17-25(18-16-21)35-30(34)28-14-6-10-23-8-2-4-13-27(23)28/h1-18,20H,19H2,(H,32,33)/b31-20+. The number of amides is 1. The highest BCUT2D eigenvalue weighted by Gasteiger charge is 2.12. The second-order valence-electron chi connectivity index (χ2n) is 8.09. The van der Waals surface area contributed by atoms with Gasteiger partial charge in [-0.3, -0.25) is 4.79 Å². The summed E-state index contributed by atoms with van der Waals surface area (Å²) in [6.07, 6.45) is 1.79. The molecule has 0 spiro atoms. The summed E-state index contributed by atoms with van der Waals surface area (Å²) in [4.78, 5) is 25.1. The van der Waals surface area contributed by atoms with Crippen molar-refractivity contribution >= 4 is 39.6 Å². The quantitative estimate of drug-likeness (QED) is 0.149. The first-order chi connectivity index (χ1) is 17.2. The van der Waals surface area contributed by atoms with E-state index in [4.69, 9.17) is 4.74 Å². The lowest BCUT2D eigenvalue weighted by Gasteiger charge is -2.07. The smallest absolute Gasteiger partial charge is 0.344 e. The van der Waals surface area contributed by atoms with Crippen LogP contribution in [0.4, 0.5) is 0 Å². The van der Waals surface area contributed by atoms with Gasteiger partial charge in [0, 0.05) is 0 Å². The maximum atomic E-state index is 12.7. The fourth-order valence-corrected chi connectivity index (χ4v) is 4.03. The largest absolute Gasteiger partial charge is 0.423 e. The average molecular weight is 459 g/mol. The van der Waals surface area contributed by atoms with Gasteiger partial charge in [0.15, 0.2) is 0 Å². The number of fused-ring (bicyclic) bond motifs is 2. The van der Waals surface area contributed by atoms with Crippen molar-refractivity contribution < 1.29 is 14.3 Å². The molecule has 0 aromatic heterocycles. The number of hydrogen-bond donors (Lipinski definition) is 1. The molecule has 1 amide bonds. The molecule has 5 aromatic rings. The average Bonchev–Trinajstić information content (AvgIpc) is 2.89. The maximum absolute atomic E-state index is 12.7. The molecule has 5 heteroatoms. The predicted octanol–water partition coefficient (Wildman–Crippen LogP) is 5.91. The molecule has 0 saturated carbocycles. The molecule has 0 aliphatic carbocycles. The van der Waals surface area contributed by atoms with E-state index in [1.807, 2.05) is 78.9 Å². The van der Waals surface area contributed by atoms with E-state index in [0.29, 0.717) is 11.3 Å². The number of carbonyl (C=O) groups is 2. The number of esters is 1. The van der Waals surface area contributed by atoms with Crippen LogP contribution in [0.15, 0.2) is 114 Å². The first-order valence-electron chi connectivity index (χ1n) is 11.3. The third-order valence-corrected chi connectivity index (χ3v) is 5.73. The van der Waals surface area contributed by atoms with Crippen LogP contribution in [-0.4, -0.2) is 18.1 Å². The molecule has 0 fully saturated rings. The number of nitrogens with one attached hydrogen (secondary N) is 1. The minimum Gasteiger partial charge on any atom is -0.423 e. The Morgan fingerprint density at radius 3 is 2.11 bits per heavy atom. The minimum absolute atomic E-state index is 0.196. The highest BCUT2D eigenvalue weighted by Crippen LogP contribution is 2.21. The van der Waals surface area contributed by atoms with Gasteiger partial charge in [0.25, 0.3) is 0 Å². The Hall–Kier alpha value is -4.77. The predicted molar refractivity (Wildman–Crippen MR) is 139 cm³/mol. The topological polar surface area (TPSA) is 67.8 Å². The molecule has 5 rings (SSSR count). The van der Waals surface area contributed by atoms with Crippen LogP contribution in [0, 0.1) is 0 Å². The van der Waals surface area contributed by atoms with Crippen molar-refractivity contribution in [3.05, 3.63) is 126 Å². The molecule has 0 aliphatic heterocycles. The fourth-order valence-electron chi connectivity index (χ4n) is 4.03. The maximum Gasteiger partial charge on any atom is 0.344 e. The third kappa shape index (κ3) is 5.09. The highest BCUT2D eigenvalue weighted by molar-refractivity contribution is 6.05. The van der Waals surface area contributed by atoms with Crippen molar-refractivity contribution in [2.24, 2.45) is 5.10 Å². The van der Waals surface area contributed by atoms with Gasteiger partial charge in [0.2, 0.25) is 5.91 Å². The zero-order valence-electron chi connectivity index (χ0n) is 18.8. The molecule has 0 unspecified atom stereocenters. The van der Waals surface area contributed by atoms with Crippen molar-refractivity contribution in [1.82, 2.24) is 5.43 Å². The number of benzene rings is 5. The number of ether oxygens (including phenoxy) is 1. The number of rotatable bonds is 6. The van der Waals surface area contributed by atoms with Crippen molar-refractivity contribution in [3.8, 4) is 5.75 Å². The monoisotopic (exact) mass is 458 g/mol. The number of hydrogen-bond acceptors (Lipinski definition) is 4. The summed E-state index contributed by atoms with van der Waals surface area (Å²) in [6.45, 7) is 0. The number of carbonyl (C=O) groups excluding carboxylic acids is 2. The van der Waals surface area contributed by atoms with Crippen LogP contribution in [0.2, 0.25) is 0 Å². The summed E-state index contributed by atoms with van der Waals surface area (Å²) in [6, 6.07) is 34.1. The normalized spacial score (nSPS) is 11.1. The van der Waals surface area contributed by atoms with Crippen molar-refractivity contribution in [3.63, 3.8) is 0 Å². The summed E-state index contributed by atoms with van der Waals surface area (Å²) < 4.78 is 5.55. The first-order valence-corrected chi connectivity index (χ1v) is 11.3. The Bertz CT molecular complexity index is 1550. The molecule has 35 heavy (non-hydrogen) atoms. The van der Waals surface area contributed by atoms with Crippen LogP contribution >= 0.6 is 0 Å². The van der Waals surface area contributed by atoms with E-state index >= 15 is 0 Å². The molecule has 1 N–H and O–H groups in total. The molecule has 5 nitrogen and oxygen atoms in total. The van der Waals surface area contributed by atoms with Crippen LogP contribution in [-0.2, 0) is 11.2 Å². The Kier molecular flexibility index (Phi) is 6.31. The zero-order chi connectivity index (χ0) is 24.0. The molecule has 0 saturated heterocycles. The van der Waals surface area contributed by atoms with Gasteiger partial charge >= 0.3 is 5.97 Å². The lowest BCUT2D eigenvalue weighted by molar-refractivity contribution is -0.120. The number of nitrogens with zero attached hydrogens (tertiary/aromatic N) is 1.